The van der Waals surface area contributed by atoms with Gasteiger partial charge in [0.2, 0.25) is 0 Å². The number of aromatic amines is 2. The number of H-pyrrole nitrogens is 2. The number of piperazine rings is 1. The Morgan fingerprint density at radius 1 is 1.11 bits per heavy atom. The zero-order valence-corrected chi connectivity index (χ0v) is 14.9. The number of nitrogens with one attached hydrogen (secondary N) is 2. The van der Waals surface area contributed by atoms with Crippen molar-refractivity contribution in [2.45, 2.75) is 25.7 Å². The summed E-state index contributed by atoms with van der Waals surface area (Å²) in [7, 11) is 0. The van der Waals surface area contributed by atoms with E-state index in [0.29, 0.717) is 31.9 Å². The highest BCUT2D eigenvalue weighted by Gasteiger charge is 2.27. The van der Waals surface area contributed by atoms with Crippen LogP contribution >= 0.6 is 0 Å². The Bertz CT molecular complexity index is 1060. The second kappa shape index (κ2) is 6.26. The van der Waals surface area contributed by atoms with Gasteiger partial charge in [-0.25, -0.2) is 14.3 Å². The maximum absolute atomic E-state index is 12.5. The zero-order valence-electron chi connectivity index (χ0n) is 14.9. The van der Waals surface area contributed by atoms with Crippen molar-refractivity contribution in [1.82, 2.24) is 29.5 Å². The number of aryl methyl sites for hydroxylation is 2. The molecule has 2 aliphatic rings. The molecule has 0 atom stereocenters. The van der Waals surface area contributed by atoms with E-state index in [1.165, 1.54) is 30.3 Å². The number of carbonyl (C=O) groups is 1. The normalized spacial score (nSPS) is 17.3. The summed E-state index contributed by atoms with van der Waals surface area (Å²) in [6.07, 6.45) is 9.62. The minimum Gasteiger partial charge on any atom is -0.351 e. The highest BCUT2D eigenvalue weighted by Crippen LogP contribution is 2.30. The molecule has 9 heteroatoms. The number of rotatable bonds is 2. The third kappa shape index (κ3) is 2.70. The molecule has 1 aliphatic heterocycles. The molecule has 5 rings (SSSR count). The molecule has 0 unspecified atom stereocenters. The van der Waals surface area contributed by atoms with Gasteiger partial charge in [-0.3, -0.25) is 4.79 Å². The van der Waals surface area contributed by atoms with Crippen LogP contribution in [0.2, 0.25) is 0 Å². The summed E-state index contributed by atoms with van der Waals surface area (Å²) in [5, 5.41) is 4.74. The molecule has 4 heterocycles. The molecule has 1 fully saturated rings. The van der Waals surface area contributed by atoms with E-state index in [-0.39, 0.29) is 11.6 Å². The smallest absolute Gasteiger partial charge is 0.323 e. The minimum atomic E-state index is -0.363. The fourth-order valence-electron chi connectivity index (χ4n) is 4.12. The third-order valence-corrected chi connectivity index (χ3v) is 5.49. The molecule has 3 aromatic heterocycles. The highest BCUT2D eigenvalue weighted by molar-refractivity contribution is 5.92. The lowest BCUT2D eigenvalue weighted by molar-refractivity contribution is 0.0741. The Kier molecular flexibility index (Phi) is 3.73. The van der Waals surface area contributed by atoms with Crippen molar-refractivity contribution < 1.29 is 4.79 Å². The van der Waals surface area contributed by atoms with Crippen LogP contribution in [-0.4, -0.2) is 61.6 Å². The van der Waals surface area contributed by atoms with Crippen molar-refractivity contribution in [2.24, 2.45) is 0 Å². The Morgan fingerprint density at radius 3 is 2.70 bits per heavy atom. The molecule has 1 amide bonds. The number of fused-ring (bicyclic) bond motifs is 3. The summed E-state index contributed by atoms with van der Waals surface area (Å²) >= 11 is 0. The SMILES string of the molecule is O=C(c1c[nH]c(=O)[nH]1)N1CCN(c2nccn3nc4c(c23)CCCC4)CC1. The second-order valence-electron chi connectivity index (χ2n) is 7.11. The van der Waals surface area contributed by atoms with Crippen LogP contribution in [0.4, 0.5) is 5.82 Å². The van der Waals surface area contributed by atoms with Crippen LogP contribution in [0, 0.1) is 0 Å². The predicted molar refractivity (Wildman–Crippen MR) is 99.2 cm³/mol. The molecule has 0 aromatic carbocycles. The molecule has 0 saturated carbocycles. The van der Waals surface area contributed by atoms with Gasteiger partial charge in [0.15, 0.2) is 5.82 Å². The monoisotopic (exact) mass is 367 g/mol. The Hall–Kier alpha value is -3.10. The van der Waals surface area contributed by atoms with Gasteiger partial charge in [-0.2, -0.15) is 5.10 Å². The van der Waals surface area contributed by atoms with Crippen molar-refractivity contribution in [2.75, 3.05) is 31.1 Å². The van der Waals surface area contributed by atoms with Crippen molar-refractivity contribution >= 4 is 17.2 Å². The molecule has 0 bridgehead atoms. The van der Waals surface area contributed by atoms with Gasteiger partial charge in [0, 0.05) is 50.3 Å². The fourth-order valence-corrected chi connectivity index (χ4v) is 4.12. The largest absolute Gasteiger partial charge is 0.351 e. The number of anilines is 1. The van der Waals surface area contributed by atoms with Gasteiger partial charge in [-0.15, -0.1) is 0 Å². The molecule has 3 aromatic rings. The van der Waals surface area contributed by atoms with E-state index in [2.05, 4.69) is 19.9 Å². The van der Waals surface area contributed by atoms with Gasteiger partial charge >= 0.3 is 5.69 Å². The molecule has 1 aliphatic carbocycles. The average molecular weight is 367 g/mol. The van der Waals surface area contributed by atoms with Crippen molar-refractivity contribution in [3.05, 3.63) is 46.0 Å². The van der Waals surface area contributed by atoms with Gasteiger partial charge < -0.3 is 19.8 Å². The zero-order chi connectivity index (χ0) is 18.4. The lowest BCUT2D eigenvalue weighted by Gasteiger charge is -2.35. The van der Waals surface area contributed by atoms with E-state index in [1.54, 1.807) is 11.1 Å². The number of aromatic nitrogens is 5. The standard InChI is InChI=1S/C18H21N7O2/c26-17(14-11-20-18(27)21-14)24-9-7-23(8-10-24)16-15-12-3-1-2-4-13(12)22-25(15)6-5-19-16/h5-6,11H,1-4,7-10H2,(H2,20,21,27). The van der Waals surface area contributed by atoms with Crippen LogP contribution in [0.5, 0.6) is 0 Å². The van der Waals surface area contributed by atoms with E-state index in [0.717, 1.165) is 24.2 Å². The Morgan fingerprint density at radius 2 is 1.93 bits per heavy atom. The average Bonchev–Trinajstić information content (AvgIpc) is 3.31. The van der Waals surface area contributed by atoms with Gasteiger partial charge in [0.25, 0.3) is 5.91 Å². The quantitative estimate of drug-likeness (QED) is 0.690. The first-order valence-electron chi connectivity index (χ1n) is 9.38. The molecule has 27 heavy (non-hydrogen) atoms. The minimum absolute atomic E-state index is 0.152. The summed E-state index contributed by atoms with van der Waals surface area (Å²) in [4.78, 5) is 37.4. The first kappa shape index (κ1) is 16.1. The number of nitrogens with zero attached hydrogens (tertiary/aromatic N) is 5. The highest BCUT2D eigenvalue weighted by atomic mass is 16.2. The van der Waals surface area contributed by atoms with Crippen LogP contribution in [0.25, 0.3) is 5.52 Å². The molecule has 9 nitrogen and oxygen atoms in total. The van der Waals surface area contributed by atoms with E-state index in [9.17, 15) is 9.59 Å². The van der Waals surface area contributed by atoms with Crippen LogP contribution in [-0.2, 0) is 12.8 Å². The third-order valence-electron chi connectivity index (χ3n) is 5.49. The van der Waals surface area contributed by atoms with Gasteiger partial charge in [0.1, 0.15) is 11.2 Å². The van der Waals surface area contributed by atoms with Crippen LogP contribution in [0.3, 0.4) is 0 Å². The molecule has 0 spiro atoms. The summed E-state index contributed by atoms with van der Waals surface area (Å²) in [6.45, 7) is 2.58. The van der Waals surface area contributed by atoms with Gasteiger partial charge in [-0.1, -0.05) is 0 Å². The first-order valence-corrected chi connectivity index (χ1v) is 9.38. The van der Waals surface area contributed by atoms with E-state index < -0.39 is 0 Å². The summed E-state index contributed by atoms with van der Waals surface area (Å²) < 4.78 is 1.96. The Balaban J connectivity index is 1.39. The van der Waals surface area contributed by atoms with Crippen LogP contribution in [0.1, 0.15) is 34.6 Å². The number of carbonyl (C=O) groups excluding carboxylic acids is 1. The number of hydrogen-bond donors (Lipinski definition) is 2. The van der Waals surface area contributed by atoms with Gasteiger partial charge in [-0.05, 0) is 25.7 Å². The van der Waals surface area contributed by atoms with Crippen LogP contribution in [0.15, 0.2) is 23.4 Å². The number of imidazole rings is 1. The topological polar surface area (TPSA) is 102 Å². The van der Waals surface area contributed by atoms with Crippen molar-refractivity contribution in [3.8, 4) is 0 Å². The molecule has 0 radical (unpaired) electrons. The molecular formula is C18H21N7O2. The lowest BCUT2D eigenvalue weighted by atomic mass is 9.97. The summed E-state index contributed by atoms with van der Waals surface area (Å²) in [5.74, 6) is 0.802. The molecule has 1 saturated heterocycles. The second-order valence-corrected chi connectivity index (χ2v) is 7.11. The molecule has 140 valence electrons. The summed E-state index contributed by atoms with van der Waals surface area (Å²) in [5.41, 5.74) is 3.58. The van der Waals surface area contributed by atoms with Crippen molar-refractivity contribution in [3.63, 3.8) is 0 Å². The maximum Gasteiger partial charge on any atom is 0.323 e. The van der Waals surface area contributed by atoms with E-state index in [1.807, 2.05) is 10.7 Å². The predicted octanol–water partition coefficient (Wildman–Crippen LogP) is 0.587. The van der Waals surface area contributed by atoms with E-state index >= 15 is 0 Å². The fraction of sp³-hybridized carbons (Fsp3) is 0.444. The van der Waals surface area contributed by atoms with Crippen LogP contribution < -0.4 is 10.6 Å². The maximum atomic E-state index is 12.5. The first-order chi connectivity index (χ1) is 13.2. The molecular weight excluding hydrogens is 346 g/mol. The number of amides is 1. The Labute approximate surface area is 155 Å². The van der Waals surface area contributed by atoms with Crippen molar-refractivity contribution in [1.29, 1.82) is 0 Å². The summed E-state index contributed by atoms with van der Waals surface area (Å²) in [6, 6.07) is 0. The van der Waals surface area contributed by atoms with Gasteiger partial charge in [0.05, 0.1) is 5.69 Å². The lowest BCUT2D eigenvalue weighted by Crippen LogP contribution is -2.49. The van der Waals surface area contributed by atoms with E-state index in [4.69, 9.17) is 5.10 Å². The number of hydrogen-bond acceptors (Lipinski definition) is 5. The molecule has 2 N–H and O–H groups in total.